The molecule has 0 aliphatic carbocycles. The molecule has 1 atom stereocenters. The number of benzene rings is 1. The maximum atomic E-state index is 15.1. The van der Waals surface area contributed by atoms with Crippen LogP contribution in [0.5, 0.6) is 5.75 Å². The Labute approximate surface area is 271 Å². The number of nitrogens with zero attached hydrogens (tertiary/aromatic N) is 6. The number of unbranched alkanes of at least 4 members (excludes halogenated alkanes) is 8. The Morgan fingerprint density at radius 2 is 1.83 bits per heavy atom. The number of amides is 2. The fourth-order valence-corrected chi connectivity index (χ4v) is 6.22. The summed E-state index contributed by atoms with van der Waals surface area (Å²) in [5, 5.41) is 16.5. The lowest BCUT2D eigenvalue weighted by molar-refractivity contribution is -0.138. The van der Waals surface area contributed by atoms with Crippen molar-refractivity contribution in [2.75, 3.05) is 44.6 Å². The zero-order valence-corrected chi connectivity index (χ0v) is 26.8. The van der Waals surface area contributed by atoms with E-state index in [1.807, 2.05) is 0 Å². The first kappa shape index (κ1) is 34.8. The predicted octanol–water partition coefficient (Wildman–Crippen LogP) is 7.67. The van der Waals surface area contributed by atoms with Gasteiger partial charge in [-0.2, -0.15) is 0 Å². The second-order valence-electron chi connectivity index (χ2n) is 12.2. The minimum absolute atomic E-state index is 0.138. The van der Waals surface area contributed by atoms with Gasteiger partial charge in [0.15, 0.2) is 11.6 Å². The number of urea groups is 1. The zero-order chi connectivity index (χ0) is 32.6. The molecule has 12 heteroatoms. The third kappa shape index (κ3) is 10.8. The van der Waals surface area contributed by atoms with E-state index in [0.29, 0.717) is 38.3 Å². The minimum Gasteiger partial charge on any atom is -0.491 e. The molecule has 1 fully saturated rings. The van der Waals surface area contributed by atoms with Crippen molar-refractivity contribution >= 4 is 17.8 Å². The van der Waals surface area contributed by atoms with E-state index in [0.717, 1.165) is 88.7 Å². The Hall–Kier alpha value is -4.05. The molecule has 1 saturated heterocycles. The number of carboxylic acid groups (broad SMARTS) is 1. The van der Waals surface area contributed by atoms with Crippen LogP contribution in [0.4, 0.5) is 15.0 Å². The number of ether oxygens (including phenoxy) is 1. The summed E-state index contributed by atoms with van der Waals surface area (Å²) in [6.07, 6.45) is 13.0. The molecule has 4 rings (SSSR count). The Balaban J connectivity index is 1.19. The molecule has 0 saturated carbocycles. The zero-order valence-electron chi connectivity index (χ0n) is 26.8. The molecule has 2 N–H and O–H groups in total. The van der Waals surface area contributed by atoms with Crippen LogP contribution in [0.25, 0.3) is 10.4 Å². The van der Waals surface area contributed by atoms with Crippen LogP contribution in [-0.4, -0.2) is 71.2 Å². The van der Waals surface area contributed by atoms with Gasteiger partial charge in [-0.15, -0.1) is 0 Å². The van der Waals surface area contributed by atoms with Crippen molar-refractivity contribution in [3.05, 3.63) is 63.4 Å². The summed E-state index contributed by atoms with van der Waals surface area (Å²) in [5.41, 5.74) is 11.0. The Bertz CT molecular complexity index is 1340. The van der Waals surface area contributed by atoms with Gasteiger partial charge in [-0.05, 0) is 73.4 Å². The van der Waals surface area contributed by atoms with E-state index in [1.165, 1.54) is 24.5 Å². The summed E-state index contributed by atoms with van der Waals surface area (Å²) in [6.45, 7) is 3.34. The first-order valence-electron chi connectivity index (χ1n) is 16.9. The van der Waals surface area contributed by atoms with Crippen LogP contribution in [0.15, 0.2) is 35.4 Å². The second-order valence-corrected chi connectivity index (χ2v) is 12.2. The van der Waals surface area contributed by atoms with Crippen molar-refractivity contribution < 1.29 is 23.8 Å². The third-order valence-electron chi connectivity index (χ3n) is 8.75. The number of fused-ring (bicyclic) bond motifs is 1. The Kier molecular flexibility index (Phi) is 14.2. The molecular weight excluding hydrogens is 589 g/mol. The first-order valence-corrected chi connectivity index (χ1v) is 16.9. The summed E-state index contributed by atoms with van der Waals surface area (Å²) in [4.78, 5) is 35.9. The molecule has 0 bridgehead atoms. The maximum absolute atomic E-state index is 15.1. The lowest BCUT2D eigenvalue weighted by atomic mass is 10.0. The number of halogens is 1. The fourth-order valence-electron chi connectivity index (χ4n) is 6.22. The van der Waals surface area contributed by atoms with Crippen LogP contribution < -0.4 is 10.1 Å². The van der Waals surface area contributed by atoms with Gasteiger partial charge in [-0.25, -0.2) is 14.2 Å². The molecule has 1 aromatic heterocycles. The standard InChI is InChI=1S/C34H48FN7O4/c35-29-24-27(15-17-31(29)46-23-9-7-5-3-1-2-4-6-8-19-38-40-36)30(25-32(43)44)42-22-21-41(34(42)45)20-11-13-28-16-14-26-12-10-18-37-33(26)39-28/h14-17,24,30H,1-13,18-23,25H2,(H,37,39)(H,43,44). The molecule has 1 unspecified atom stereocenters. The number of aryl methyl sites for hydroxylation is 2. The average molecular weight is 638 g/mol. The highest BCUT2D eigenvalue weighted by Gasteiger charge is 2.35. The maximum Gasteiger partial charge on any atom is 0.320 e. The van der Waals surface area contributed by atoms with Gasteiger partial charge in [0.25, 0.3) is 0 Å². The summed E-state index contributed by atoms with van der Waals surface area (Å²) >= 11 is 0. The number of aromatic nitrogens is 1. The molecule has 11 nitrogen and oxygen atoms in total. The molecule has 1 aromatic carbocycles. The van der Waals surface area contributed by atoms with E-state index >= 15 is 4.39 Å². The SMILES string of the molecule is [N-]=[N+]=NCCCCCCCCCCCOc1ccc(C(CC(=O)O)N2CCN(CCCc3ccc4c(n3)NCCC4)C2=O)cc1F. The number of anilines is 1. The van der Waals surface area contributed by atoms with Crippen molar-refractivity contribution in [3.63, 3.8) is 0 Å². The highest BCUT2D eigenvalue weighted by molar-refractivity contribution is 5.78. The number of carboxylic acids is 1. The third-order valence-corrected chi connectivity index (χ3v) is 8.75. The van der Waals surface area contributed by atoms with E-state index < -0.39 is 17.8 Å². The van der Waals surface area contributed by atoms with Crippen molar-refractivity contribution in [3.8, 4) is 5.75 Å². The van der Waals surface area contributed by atoms with E-state index in [9.17, 15) is 14.7 Å². The highest BCUT2D eigenvalue weighted by atomic mass is 19.1. The molecule has 0 spiro atoms. The molecule has 250 valence electrons. The second kappa shape index (κ2) is 18.8. The number of azide groups is 1. The van der Waals surface area contributed by atoms with E-state index in [1.54, 1.807) is 21.9 Å². The smallest absolute Gasteiger partial charge is 0.320 e. The lowest BCUT2D eigenvalue weighted by Crippen LogP contribution is -2.36. The van der Waals surface area contributed by atoms with Gasteiger partial charge >= 0.3 is 12.0 Å². The number of nitrogens with one attached hydrogen (secondary N) is 1. The van der Waals surface area contributed by atoms with Crippen LogP contribution in [0, 0.1) is 5.82 Å². The van der Waals surface area contributed by atoms with Crippen LogP contribution in [-0.2, 0) is 17.6 Å². The van der Waals surface area contributed by atoms with Gasteiger partial charge in [0.1, 0.15) is 5.82 Å². The van der Waals surface area contributed by atoms with E-state index in [4.69, 9.17) is 15.3 Å². The Morgan fingerprint density at radius 3 is 2.57 bits per heavy atom. The monoisotopic (exact) mass is 637 g/mol. The molecule has 46 heavy (non-hydrogen) atoms. The van der Waals surface area contributed by atoms with Gasteiger partial charge in [0.2, 0.25) is 0 Å². The van der Waals surface area contributed by atoms with Gasteiger partial charge < -0.3 is 25.0 Å². The van der Waals surface area contributed by atoms with Gasteiger partial charge in [-0.3, -0.25) is 4.79 Å². The van der Waals surface area contributed by atoms with Crippen LogP contribution in [0.1, 0.15) is 99.9 Å². The average Bonchev–Trinajstić information content (AvgIpc) is 3.41. The molecule has 3 heterocycles. The minimum atomic E-state index is -1.05. The fraction of sp³-hybridized carbons (Fsp3) is 0.618. The molecule has 2 amide bonds. The molecule has 0 radical (unpaired) electrons. The molecular formula is C34H48FN7O4. The number of pyridine rings is 1. The quantitative estimate of drug-likeness (QED) is 0.0622. The summed E-state index contributed by atoms with van der Waals surface area (Å²) in [6, 6.07) is 7.71. The number of aliphatic carboxylic acids is 1. The van der Waals surface area contributed by atoms with Crippen molar-refractivity contribution in [2.24, 2.45) is 5.11 Å². The first-order chi connectivity index (χ1) is 22.5. The number of carbonyl (C=O) groups is 2. The van der Waals surface area contributed by atoms with Crippen LogP contribution >= 0.6 is 0 Å². The van der Waals surface area contributed by atoms with Crippen LogP contribution in [0.3, 0.4) is 0 Å². The van der Waals surface area contributed by atoms with E-state index in [2.05, 4.69) is 27.5 Å². The number of hydrogen-bond donors (Lipinski definition) is 2. The van der Waals surface area contributed by atoms with Crippen molar-refractivity contribution in [2.45, 2.75) is 95.9 Å². The number of carbonyl (C=O) groups excluding carboxylic acids is 1. The predicted molar refractivity (Wildman–Crippen MR) is 175 cm³/mol. The molecule has 2 aliphatic heterocycles. The summed E-state index contributed by atoms with van der Waals surface area (Å²) in [7, 11) is 0. The topological polar surface area (TPSA) is 144 Å². The van der Waals surface area contributed by atoms with Crippen molar-refractivity contribution in [1.29, 1.82) is 0 Å². The summed E-state index contributed by atoms with van der Waals surface area (Å²) in [5.74, 6) is -0.500. The van der Waals surface area contributed by atoms with Crippen molar-refractivity contribution in [1.82, 2.24) is 14.8 Å². The lowest BCUT2D eigenvalue weighted by Gasteiger charge is -2.27. The van der Waals surface area contributed by atoms with Gasteiger partial charge in [0.05, 0.1) is 19.1 Å². The normalized spacial score (nSPS) is 14.8. The largest absolute Gasteiger partial charge is 0.491 e. The van der Waals surface area contributed by atoms with Crippen LogP contribution in [0.2, 0.25) is 0 Å². The number of hydrogen-bond acceptors (Lipinski definition) is 6. The summed E-state index contributed by atoms with van der Waals surface area (Å²) < 4.78 is 20.8. The highest BCUT2D eigenvalue weighted by Crippen LogP contribution is 2.31. The van der Waals surface area contributed by atoms with E-state index in [-0.39, 0.29) is 18.2 Å². The number of rotatable bonds is 21. The molecule has 2 aliphatic rings. The Morgan fingerprint density at radius 1 is 1.07 bits per heavy atom. The van der Waals surface area contributed by atoms with Gasteiger partial charge in [0, 0.05) is 43.3 Å². The van der Waals surface area contributed by atoms with Gasteiger partial charge in [-0.1, -0.05) is 62.2 Å². The molecule has 2 aromatic rings.